The molecule has 2 atom stereocenters. The monoisotopic (exact) mass is 554 g/mol. The Morgan fingerprint density at radius 3 is 2.49 bits per heavy atom. The van der Waals surface area contributed by atoms with Crippen LogP contribution in [-0.2, 0) is 32.6 Å². The van der Waals surface area contributed by atoms with Crippen molar-refractivity contribution >= 4 is 21.8 Å². The number of fused-ring (bicyclic) bond motifs is 1. The summed E-state index contributed by atoms with van der Waals surface area (Å²) in [6.45, 7) is 12.7. The smallest absolute Gasteiger partial charge is 0.243 e. The summed E-state index contributed by atoms with van der Waals surface area (Å²) in [5, 5.41) is 9.51. The van der Waals surface area contributed by atoms with Gasteiger partial charge < -0.3 is 16.0 Å². The highest BCUT2D eigenvalue weighted by atomic mass is 32.2. The number of carbonyl (C=O) groups is 2. The largest absolute Gasteiger partial charge is 0.349 e. The summed E-state index contributed by atoms with van der Waals surface area (Å²) in [5.74, 6) is -0.799. The topological polar surface area (TPSA) is 108 Å². The van der Waals surface area contributed by atoms with E-state index < -0.39 is 27.5 Å². The number of piperazine rings is 1. The van der Waals surface area contributed by atoms with Crippen LogP contribution < -0.4 is 16.0 Å². The van der Waals surface area contributed by atoms with Crippen LogP contribution >= 0.6 is 0 Å². The zero-order valence-electron chi connectivity index (χ0n) is 23.9. The minimum atomic E-state index is -3.99. The third-order valence-corrected chi connectivity index (χ3v) is 9.22. The van der Waals surface area contributed by atoms with Gasteiger partial charge in [-0.25, -0.2) is 8.42 Å². The number of hydrogen-bond donors (Lipinski definition) is 3. The molecule has 0 bridgehead atoms. The van der Waals surface area contributed by atoms with E-state index in [2.05, 4.69) is 54.9 Å². The Morgan fingerprint density at radius 2 is 1.82 bits per heavy atom. The molecule has 0 unspecified atom stereocenters. The van der Waals surface area contributed by atoms with E-state index in [9.17, 15) is 18.0 Å². The molecule has 1 saturated heterocycles. The first kappa shape index (κ1) is 29.2. The van der Waals surface area contributed by atoms with Crippen molar-refractivity contribution in [1.29, 1.82) is 0 Å². The Morgan fingerprint density at radius 1 is 1.13 bits per heavy atom. The highest BCUT2D eigenvalue weighted by molar-refractivity contribution is 7.89. The molecule has 3 N–H and O–H groups in total. The summed E-state index contributed by atoms with van der Waals surface area (Å²) in [6, 6.07) is 11.6. The standard InChI is InChI=1S/C30H42N4O4S/c1-20-10-13-23(14-11-20)39(37,38)34-19-30(5,6)33-28(36)26(34)17-27(35)32-25-9-7-8-22-16-21(12-15-24(22)25)18-31-29(2,3)4/h10-16,25-26,31H,7-9,17-19H2,1-6H3,(H,32,35)(H,33,36)/t25-,26-/m1/s1. The molecule has 39 heavy (non-hydrogen) atoms. The number of hydrogen-bond acceptors (Lipinski definition) is 5. The number of carbonyl (C=O) groups excluding carboxylic acids is 2. The van der Waals surface area contributed by atoms with Gasteiger partial charge in [-0.05, 0) is 89.6 Å². The van der Waals surface area contributed by atoms with Crippen LogP contribution in [0, 0.1) is 6.92 Å². The zero-order chi connectivity index (χ0) is 28.6. The average Bonchev–Trinajstić information content (AvgIpc) is 2.84. The van der Waals surface area contributed by atoms with Gasteiger partial charge in [-0.1, -0.05) is 35.9 Å². The second-order valence-electron chi connectivity index (χ2n) is 12.6. The number of nitrogens with one attached hydrogen (secondary N) is 3. The minimum Gasteiger partial charge on any atom is -0.349 e. The predicted molar refractivity (Wildman–Crippen MR) is 153 cm³/mol. The van der Waals surface area contributed by atoms with Gasteiger partial charge >= 0.3 is 0 Å². The van der Waals surface area contributed by atoms with Crippen LogP contribution in [0.2, 0.25) is 0 Å². The first-order valence-corrected chi connectivity index (χ1v) is 15.2. The summed E-state index contributed by atoms with van der Waals surface area (Å²) in [5.41, 5.74) is 3.71. The van der Waals surface area contributed by atoms with E-state index in [0.717, 1.165) is 36.9 Å². The van der Waals surface area contributed by atoms with Crippen molar-refractivity contribution in [3.05, 3.63) is 64.7 Å². The SMILES string of the molecule is Cc1ccc(S(=O)(=O)N2CC(C)(C)NC(=O)[C@H]2CC(=O)N[C@@H]2CCCc3cc(CNC(C)(C)C)ccc32)cc1. The fourth-order valence-corrected chi connectivity index (χ4v) is 7.05. The van der Waals surface area contributed by atoms with Crippen LogP contribution in [0.4, 0.5) is 0 Å². The molecule has 2 aromatic rings. The zero-order valence-corrected chi connectivity index (χ0v) is 24.7. The minimum absolute atomic E-state index is 0.0217. The number of nitrogens with zero attached hydrogens (tertiary/aromatic N) is 1. The summed E-state index contributed by atoms with van der Waals surface area (Å²) in [4.78, 5) is 26.6. The Bertz CT molecular complexity index is 1330. The average molecular weight is 555 g/mol. The van der Waals surface area contributed by atoms with Gasteiger partial charge in [0.05, 0.1) is 17.4 Å². The second kappa shape index (κ2) is 11.0. The number of sulfonamides is 1. The maximum atomic E-state index is 13.6. The Balaban J connectivity index is 1.51. The van der Waals surface area contributed by atoms with E-state index >= 15 is 0 Å². The van der Waals surface area contributed by atoms with Gasteiger partial charge in [-0.2, -0.15) is 4.31 Å². The van der Waals surface area contributed by atoms with E-state index in [1.807, 2.05) is 6.92 Å². The number of aryl methyl sites for hydroxylation is 2. The molecule has 4 rings (SSSR count). The van der Waals surface area contributed by atoms with Gasteiger partial charge in [0.15, 0.2) is 0 Å². The lowest BCUT2D eigenvalue weighted by Crippen LogP contribution is -2.66. The third kappa shape index (κ3) is 7.07. The molecule has 2 aromatic carbocycles. The van der Waals surface area contributed by atoms with Crippen molar-refractivity contribution in [2.75, 3.05) is 6.54 Å². The molecular formula is C30H42N4O4S. The van der Waals surface area contributed by atoms with Gasteiger partial charge in [0, 0.05) is 24.2 Å². The number of amides is 2. The molecule has 1 aliphatic carbocycles. The van der Waals surface area contributed by atoms with Gasteiger partial charge in [0.1, 0.15) is 6.04 Å². The Hall–Kier alpha value is -2.75. The molecule has 0 aromatic heterocycles. The summed E-state index contributed by atoms with van der Waals surface area (Å²) in [6.07, 6.45) is 2.45. The number of benzene rings is 2. The van der Waals surface area contributed by atoms with E-state index in [1.54, 1.807) is 38.1 Å². The molecule has 2 amide bonds. The molecule has 9 heteroatoms. The van der Waals surface area contributed by atoms with Gasteiger partial charge in [0.2, 0.25) is 21.8 Å². The quantitative estimate of drug-likeness (QED) is 0.484. The van der Waals surface area contributed by atoms with Crippen LogP contribution in [0.1, 0.15) is 82.2 Å². The van der Waals surface area contributed by atoms with Crippen molar-refractivity contribution in [3.63, 3.8) is 0 Å². The molecule has 1 heterocycles. The first-order valence-electron chi connectivity index (χ1n) is 13.7. The lowest BCUT2D eigenvalue weighted by Gasteiger charge is -2.42. The van der Waals surface area contributed by atoms with Crippen LogP contribution in [0.5, 0.6) is 0 Å². The normalized spacial score (nSPS) is 21.6. The molecule has 8 nitrogen and oxygen atoms in total. The van der Waals surface area contributed by atoms with Crippen molar-refractivity contribution < 1.29 is 18.0 Å². The first-order chi connectivity index (χ1) is 18.1. The van der Waals surface area contributed by atoms with Crippen LogP contribution in [0.25, 0.3) is 0 Å². The predicted octanol–water partition coefficient (Wildman–Crippen LogP) is 3.73. The maximum Gasteiger partial charge on any atom is 0.243 e. The van der Waals surface area contributed by atoms with Crippen molar-refractivity contribution in [1.82, 2.24) is 20.3 Å². The summed E-state index contributed by atoms with van der Waals surface area (Å²) < 4.78 is 28.5. The molecule has 0 saturated carbocycles. The van der Waals surface area contributed by atoms with Gasteiger partial charge in [-0.3, -0.25) is 9.59 Å². The van der Waals surface area contributed by atoms with E-state index in [0.29, 0.717) is 0 Å². The third-order valence-electron chi connectivity index (χ3n) is 7.35. The van der Waals surface area contributed by atoms with Crippen LogP contribution in [0.15, 0.2) is 47.4 Å². The van der Waals surface area contributed by atoms with Crippen molar-refractivity contribution in [3.8, 4) is 0 Å². The molecular weight excluding hydrogens is 512 g/mol. The highest BCUT2D eigenvalue weighted by Crippen LogP contribution is 2.32. The highest BCUT2D eigenvalue weighted by Gasteiger charge is 2.45. The van der Waals surface area contributed by atoms with E-state index in [4.69, 9.17) is 0 Å². The van der Waals surface area contributed by atoms with Gasteiger partial charge in [0.25, 0.3) is 0 Å². The van der Waals surface area contributed by atoms with Crippen LogP contribution in [0.3, 0.4) is 0 Å². The maximum absolute atomic E-state index is 13.6. The lowest BCUT2D eigenvalue weighted by atomic mass is 9.86. The lowest BCUT2D eigenvalue weighted by molar-refractivity contribution is -0.134. The molecule has 0 radical (unpaired) electrons. The van der Waals surface area contributed by atoms with E-state index in [1.165, 1.54) is 15.4 Å². The van der Waals surface area contributed by atoms with Gasteiger partial charge in [-0.15, -0.1) is 0 Å². The molecule has 1 aliphatic heterocycles. The molecule has 0 spiro atoms. The Kier molecular flexibility index (Phi) is 8.26. The summed E-state index contributed by atoms with van der Waals surface area (Å²) in [7, 11) is -3.99. The number of rotatable bonds is 7. The van der Waals surface area contributed by atoms with Crippen molar-refractivity contribution in [2.45, 2.75) is 102 Å². The summed E-state index contributed by atoms with van der Waals surface area (Å²) >= 11 is 0. The fourth-order valence-electron chi connectivity index (χ4n) is 5.30. The molecule has 212 valence electrons. The molecule has 2 aliphatic rings. The van der Waals surface area contributed by atoms with Crippen LogP contribution in [-0.4, -0.2) is 48.2 Å². The Labute approximate surface area is 233 Å². The van der Waals surface area contributed by atoms with E-state index in [-0.39, 0.29) is 35.3 Å². The fraction of sp³-hybridized carbons (Fsp3) is 0.533. The molecule has 1 fully saturated rings. The van der Waals surface area contributed by atoms with Crippen molar-refractivity contribution in [2.24, 2.45) is 0 Å². The second-order valence-corrected chi connectivity index (χ2v) is 14.5.